The molecular formula is C12H23N3O4S. The van der Waals surface area contributed by atoms with Crippen molar-refractivity contribution in [3.8, 4) is 0 Å². The van der Waals surface area contributed by atoms with Gasteiger partial charge in [-0.15, -0.1) is 0 Å². The average Bonchev–Trinajstić information content (AvgIpc) is 3.19. The van der Waals surface area contributed by atoms with Gasteiger partial charge in [0.15, 0.2) is 0 Å². The molecule has 1 saturated carbocycles. The van der Waals surface area contributed by atoms with Crippen LogP contribution < -0.4 is 5.32 Å². The second kappa shape index (κ2) is 5.59. The largest absolute Gasteiger partial charge is 0.480 e. The highest BCUT2D eigenvalue weighted by Crippen LogP contribution is 2.40. The molecule has 2 rings (SSSR count). The zero-order valence-corrected chi connectivity index (χ0v) is 12.8. The fourth-order valence-electron chi connectivity index (χ4n) is 2.91. The van der Waals surface area contributed by atoms with Crippen molar-refractivity contribution in [1.82, 2.24) is 14.5 Å². The lowest BCUT2D eigenvalue weighted by atomic mass is 9.92. The second-order valence-corrected chi connectivity index (χ2v) is 7.72. The van der Waals surface area contributed by atoms with Gasteiger partial charge in [0.1, 0.15) is 5.54 Å². The van der Waals surface area contributed by atoms with Crippen LogP contribution in [-0.4, -0.2) is 80.3 Å². The molecule has 0 aromatic rings. The number of carboxylic acid groups (broad SMARTS) is 1. The molecule has 0 radical (unpaired) electrons. The first kappa shape index (κ1) is 15.7. The van der Waals surface area contributed by atoms with E-state index < -0.39 is 21.5 Å². The van der Waals surface area contributed by atoms with E-state index in [9.17, 15) is 18.3 Å². The van der Waals surface area contributed by atoms with Gasteiger partial charge in [0.05, 0.1) is 6.26 Å². The molecule has 20 heavy (non-hydrogen) atoms. The van der Waals surface area contributed by atoms with E-state index in [-0.39, 0.29) is 5.92 Å². The van der Waals surface area contributed by atoms with E-state index in [1.165, 1.54) is 10.6 Å². The molecule has 1 unspecified atom stereocenters. The van der Waals surface area contributed by atoms with Gasteiger partial charge in [-0.2, -0.15) is 4.31 Å². The summed E-state index contributed by atoms with van der Waals surface area (Å²) in [6.07, 6.45) is 3.09. The van der Waals surface area contributed by atoms with Gasteiger partial charge in [-0.05, 0) is 25.8 Å². The van der Waals surface area contributed by atoms with Crippen LogP contribution >= 0.6 is 0 Å². The Morgan fingerprint density at radius 2 is 1.85 bits per heavy atom. The van der Waals surface area contributed by atoms with Crippen LogP contribution in [0.15, 0.2) is 0 Å². The molecule has 1 saturated heterocycles. The number of nitrogens with one attached hydrogen (secondary N) is 1. The van der Waals surface area contributed by atoms with Gasteiger partial charge < -0.3 is 10.4 Å². The minimum absolute atomic E-state index is 0.179. The molecule has 0 aromatic carbocycles. The van der Waals surface area contributed by atoms with Crippen molar-refractivity contribution in [2.24, 2.45) is 5.92 Å². The summed E-state index contributed by atoms with van der Waals surface area (Å²) in [6.45, 7) is 2.46. The van der Waals surface area contributed by atoms with E-state index in [4.69, 9.17) is 0 Å². The molecule has 1 aliphatic heterocycles. The molecule has 2 aliphatic rings. The average molecular weight is 305 g/mol. The van der Waals surface area contributed by atoms with Crippen LogP contribution in [0.1, 0.15) is 12.8 Å². The smallest absolute Gasteiger partial charge is 0.325 e. The Labute approximate surface area is 120 Å². The van der Waals surface area contributed by atoms with Crippen molar-refractivity contribution < 1.29 is 18.3 Å². The van der Waals surface area contributed by atoms with Crippen LogP contribution in [0.4, 0.5) is 0 Å². The van der Waals surface area contributed by atoms with Crippen LogP contribution in [0.3, 0.4) is 0 Å². The standard InChI is InChI=1S/C12H23N3O4S/c1-13-12(11(16)17,10-3-4-10)9-14-5-7-15(8-6-14)20(2,18)19/h10,13H,3-9H2,1-2H3,(H,16,17). The number of hydrogen-bond donors (Lipinski definition) is 2. The summed E-state index contributed by atoms with van der Waals surface area (Å²) in [5, 5.41) is 12.5. The molecule has 2 fully saturated rings. The summed E-state index contributed by atoms with van der Waals surface area (Å²) in [6, 6.07) is 0. The molecule has 0 spiro atoms. The molecule has 116 valence electrons. The van der Waals surface area contributed by atoms with E-state index in [1.54, 1.807) is 7.05 Å². The molecule has 0 bridgehead atoms. The monoisotopic (exact) mass is 305 g/mol. The van der Waals surface area contributed by atoms with Crippen molar-refractivity contribution >= 4 is 16.0 Å². The number of carboxylic acids is 1. The second-order valence-electron chi connectivity index (χ2n) is 5.74. The maximum atomic E-state index is 11.6. The molecule has 8 heteroatoms. The summed E-state index contributed by atoms with van der Waals surface area (Å²) < 4.78 is 24.4. The Kier molecular flexibility index (Phi) is 4.38. The summed E-state index contributed by atoms with van der Waals surface area (Å²) in [4.78, 5) is 13.7. The lowest BCUT2D eigenvalue weighted by Gasteiger charge is -2.39. The van der Waals surface area contributed by atoms with Gasteiger partial charge >= 0.3 is 5.97 Å². The number of hydrogen-bond acceptors (Lipinski definition) is 5. The molecule has 2 N–H and O–H groups in total. The van der Waals surface area contributed by atoms with Crippen molar-refractivity contribution in [2.75, 3.05) is 46.0 Å². The van der Waals surface area contributed by atoms with Gasteiger partial charge in [-0.3, -0.25) is 9.69 Å². The molecular weight excluding hydrogens is 282 g/mol. The Bertz CT molecular complexity index is 469. The number of nitrogens with zero attached hydrogens (tertiary/aromatic N) is 2. The predicted octanol–water partition coefficient (Wildman–Crippen LogP) is -0.984. The Balaban J connectivity index is 1.98. The summed E-state index contributed by atoms with van der Waals surface area (Å²) in [5.74, 6) is -0.633. The maximum Gasteiger partial charge on any atom is 0.325 e. The van der Waals surface area contributed by atoms with Crippen LogP contribution in [-0.2, 0) is 14.8 Å². The number of piperazine rings is 1. The number of aliphatic carboxylic acids is 1. The molecule has 7 nitrogen and oxygen atoms in total. The third-order valence-corrected chi connectivity index (χ3v) is 5.68. The predicted molar refractivity (Wildman–Crippen MR) is 75.0 cm³/mol. The van der Waals surface area contributed by atoms with Crippen molar-refractivity contribution in [3.05, 3.63) is 0 Å². The Morgan fingerprint density at radius 3 is 2.20 bits per heavy atom. The fourth-order valence-corrected chi connectivity index (χ4v) is 3.74. The first-order chi connectivity index (χ1) is 9.29. The third-order valence-electron chi connectivity index (χ3n) is 4.38. The summed E-state index contributed by atoms with van der Waals surface area (Å²) in [7, 11) is -1.45. The topological polar surface area (TPSA) is 90.0 Å². The SMILES string of the molecule is CNC(CN1CCN(S(C)(=O)=O)CC1)(C(=O)O)C1CC1. The van der Waals surface area contributed by atoms with Gasteiger partial charge in [-0.1, -0.05) is 0 Å². The highest BCUT2D eigenvalue weighted by molar-refractivity contribution is 7.88. The number of carbonyl (C=O) groups is 1. The molecule has 0 aromatic heterocycles. The zero-order chi connectivity index (χ0) is 15.0. The first-order valence-corrected chi connectivity index (χ1v) is 8.74. The van der Waals surface area contributed by atoms with E-state index in [0.29, 0.717) is 32.7 Å². The normalized spacial score (nSPS) is 25.3. The Morgan fingerprint density at radius 1 is 1.30 bits per heavy atom. The zero-order valence-electron chi connectivity index (χ0n) is 12.0. The fraction of sp³-hybridized carbons (Fsp3) is 0.917. The van der Waals surface area contributed by atoms with Gasteiger partial charge in [0.25, 0.3) is 0 Å². The minimum Gasteiger partial charge on any atom is -0.480 e. The minimum atomic E-state index is -3.14. The lowest BCUT2D eigenvalue weighted by Crippen LogP contribution is -2.62. The quantitative estimate of drug-likeness (QED) is 0.655. The number of sulfonamides is 1. The van der Waals surface area contributed by atoms with Crippen LogP contribution in [0, 0.1) is 5.92 Å². The van der Waals surface area contributed by atoms with E-state index in [1.807, 2.05) is 4.90 Å². The summed E-state index contributed by atoms with van der Waals surface area (Å²) >= 11 is 0. The molecule has 0 amide bonds. The van der Waals surface area contributed by atoms with Gasteiger partial charge in [0, 0.05) is 32.7 Å². The van der Waals surface area contributed by atoms with Crippen LogP contribution in [0.25, 0.3) is 0 Å². The highest BCUT2D eigenvalue weighted by atomic mass is 32.2. The van der Waals surface area contributed by atoms with Gasteiger partial charge in [-0.25, -0.2) is 8.42 Å². The van der Waals surface area contributed by atoms with E-state index in [0.717, 1.165) is 12.8 Å². The van der Waals surface area contributed by atoms with Crippen molar-refractivity contribution in [2.45, 2.75) is 18.4 Å². The summed E-state index contributed by atoms with van der Waals surface area (Å²) in [5.41, 5.74) is -0.896. The van der Waals surface area contributed by atoms with Gasteiger partial charge in [0.2, 0.25) is 10.0 Å². The third kappa shape index (κ3) is 3.13. The van der Waals surface area contributed by atoms with Crippen molar-refractivity contribution in [3.63, 3.8) is 0 Å². The Hall–Kier alpha value is -0.700. The van der Waals surface area contributed by atoms with Crippen molar-refractivity contribution in [1.29, 1.82) is 0 Å². The molecule has 1 atom stereocenters. The molecule has 1 heterocycles. The lowest BCUT2D eigenvalue weighted by molar-refractivity contribution is -0.147. The molecule has 1 aliphatic carbocycles. The number of likely N-dealkylation sites (N-methyl/N-ethyl adjacent to an activating group) is 1. The maximum absolute atomic E-state index is 11.6. The van der Waals surface area contributed by atoms with E-state index >= 15 is 0 Å². The van der Waals surface area contributed by atoms with Crippen LogP contribution in [0.2, 0.25) is 0 Å². The first-order valence-electron chi connectivity index (χ1n) is 6.89. The highest BCUT2D eigenvalue weighted by Gasteiger charge is 2.51. The number of rotatable bonds is 6. The van der Waals surface area contributed by atoms with Crippen LogP contribution in [0.5, 0.6) is 0 Å². The van der Waals surface area contributed by atoms with E-state index in [2.05, 4.69) is 5.32 Å².